The van der Waals surface area contributed by atoms with Crippen LogP contribution in [0.15, 0.2) is 41.6 Å². The number of nitrogens with two attached hydrogens (primary N) is 1. The largest absolute Gasteiger partial charge is 0.351 e. The molecule has 0 unspecified atom stereocenters. The van der Waals surface area contributed by atoms with E-state index in [9.17, 15) is 8.42 Å². The third kappa shape index (κ3) is 5.56. The first kappa shape index (κ1) is 26.5. The van der Waals surface area contributed by atoms with Crippen molar-refractivity contribution in [1.82, 2.24) is 19.5 Å². The lowest BCUT2D eigenvalue weighted by Gasteiger charge is -2.27. The SMILES string of the molecule is Cl.Cl.N[C@H]1CC[C@H](Nc2nc(NS(=O)(=O)c3ccccc3)c3ncn(C4CCCC4)c3n2)CC1. The number of anilines is 2. The van der Waals surface area contributed by atoms with Gasteiger partial charge in [-0.15, -0.1) is 24.8 Å². The number of hydrogen-bond acceptors (Lipinski definition) is 7. The van der Waals surface area contributed by atoms with Crippen LogP contribution in [0.2, 0.25) is 0 Å². The van der Waals surface area contributed by atoms with Crippen molar-refractivity contribution in [3.63, 3.8) is 0 Å². The summed E-state index contributed by atoms with van der Waals surface area (Å²) < 4.78 is 30.7. The zero-order valence-electron chi connectivity index (χ0n) is 18.8. The predicted octanol–water partition coefficient (Wildman–Crippen LogP) is 4.27. The third-order valence-electron chi connectivity index (χ3n) is 6.53. The molecule has 4 N–H and O–H groups in total. The van der Waals surface area contributed by atoms with E-state index in [4.69, 9.17) is 10.7 Å². The molecule has 0 spiro atoms. The highest BCUT2D eigenvalue weighted by molar-refractivity contribution is 7.92. The molecule has 0 saturated heterocycles. The van der Waals surface area contributed by atoms with Crippen LogP contribution in [0, 0.1) is 0 Å². The number of aromatic nitrogens is 4. The first-order valence-electron chi connectivity index (χ1n) is 11.3. The summed E-state index contributed by atoms with van der Waals surface area (Å²) in [6.07, 6.45) is 10.0. The van der Waals surface area contributed by atoms with Gasteiger partial charge in [-0.1, -0.05) is 31.0 Å². The number of sulfonamides is 1. The lowest BCUT2D eigenvalue weighted by molar-refractivity contribution is 0.410. The van der Waals surface area contributed by atoms with Crippen molar-refractivity contribution >= 4 is 57.8 Å². The summed E-state index contributed by atoms with van der Waals surface area (Å²) >= 11 is 0. The highest BCUT2D eigenvalue weighted by Gasteiger charge is 2.25. The van der Waals surface area contributed by atoms with Crippen LogP contribution in [0.1, 0.15) is 57.4 Å². The van der Waals surface area contributed by atoms with Gasteiger partial charge < -0.3 is 15.6 Å². The van der Waals surface area contributed by atoms with Gasteiger partial charge in [0.05, 0.1) is 11.2 Å². The summed E-state index contributed by atoms with van der Waals surface area (Å²) in [6, 6.07) is 9.07. The normalized spacial score (nSPS) is 21.0. The van der Waals surface area contributed by atoms with Crippen molar-refractivity contribution in [1.29, 1.82) is 0 Å². The van der Waals surface area contributed by atoms with Gasteiger partial charge in [0.2, 0.25) is 5.95 Å². The van der Waals surface area contributed by atoms with E-state index in [2.05, 4.69) is 24.6 Å². The lowest BCUT2D eigenvalue weighted by Crippen LogP contribution is -2.33. The Labute approximate surface area is 212 Å². The molecule has 2 saturated carbocycles. The number of benzene rings is 1. The van der Waals surface area contributed by atoms with Crippen molar-refractivity contribution in [2.24, 2.45) is 5.73 Å². The van der Waals surface area contributed by atoms with E-state index in [1.165, 1.54) is 12.8 Å². The second-order valence-corrected chi connectivity index (χ2v) is 10.5. The molecule has 0 atom stereocenters. The molecule has 5 rings (SSSR count). The number of nitrogens with one attached hydrogen (secondary N) is 2. The number of nitrogens with zero attached hydrogens (tertiary/aromatic N) is 4. The van der Waals surface area contributed by atoms with Gasteiger partial charge >= 0.3 is 0 Å². The summed E-state index contributed by atoms with van der Waals surface area (Å²) in [4.78, 5) is 14.0. The molecule has 0 bridgehead atoms. The zero-order chi connectivity index (χ0) is 22.1. The zero-order valence-corrected chi connectivity index (χ0v) is 21.2. The molecule has 9 nitrogen and oxygen atoms in total. The first-order valence-corrected chi connectivity index (χ1v) is 12.8. The smallest absolute Gasteiger partial charge is 0.263 e. The number of fused-ring (bicyclic) bond motifs is 1. The number of halogens is 2. The Balaban J connectivity index is 0.00000162. The van der Waals surface area contributed by atoms with Crippen LogP contribution >= 0.6 is 24.8 Å². The predicted molar refractivity (Wildman–Crippen MR) is 138 cm³/mol. The van der Waals surface area contributed by atoms with Crippen molar-refractivity contribution in [3.05, 3.63) is 36.7 Å². The first-order chi connectivity index (χ1) is 15.5. The molecule has 2 heterocycles. The van der Waals surface area contributed by atoms with Gasteiger partial charge in [0, 0.05) is 18.1 Å². The Bertz CT molecular complexity index is 1190. The molecule has 34 heavy (non-hydrogen) atoms. The molecule has 0 radical (unpaired) electrons. The summed E-state index contributed by atoms with van der Waals surface area (Å²) in [5.74, 6) is 0.620. The average Bonchev–Trinajstić information content (AvgIpc) is 3.46. The van der Waals surface area contributed by atoms with Crippen LogP contribution < -0.4 is 15.8 Å². The minimum atomic E-state index is -3.81. The van der Waals surface area contributed by atoms with E-state index >= 15 is 0 Å². The quantitative estimate of drug-likeness (QED) is 0.436. The van der Waals surface area contributed by atoms with Crippen LogP contribution in [0.25, 0.3) is 11.2 Å². The van der Waals surface area contributed by atoms with Crippen LogP contribution in [-0.2, 0) is 10.0 Å². The third-order valence-corrected chi connectivity index (χ3v) is 7.88. The van der Waals surface area contributed by atoms with Crippen molar-refractivity contribution < 1.29 is 8.42 Å². The fourth-order valence-corrected chi connectivity index (χ4v) is 5.76. The highest BCUT2D eigenvalue weighted by Crippen LogP contribution is 2.33. The van der Waals surface area contributed by atoms with E-state index in [1.54, 1.807) is 36.7 Å². The monoisotopic (exact) mass is 527 g/mol. The van der Waals surface area contributed by atoms with Gasteiger partial charge in [-0.05, 0) is 50.7 Å². The van der Waals surface area contributed by atoms with E-state index in [0.717, 1.165) is 38.5 Å². The molecule has 2 aromatic heterocycles. The molecule has 3 aromatic rings. The molecule has 2 fully saturated rings. The fourth-order valence-electron chi connectivity index (χ4n) is 4.73. The van der Waals surface area contributed by atoms with E-state index in [0.29, 0.717) is 23.2 Å². The number of hydrogen-bond donors (Lipinski definition) is 3. The van der Waals surface area contributed by atoms with Crippen molar-refractivity contribution in [2.45, 2.75) is 74.4 Å². The van der Waals surface area contributed by atoms with Crippen LogP contribution in [0.4, 0.5) is 11.8 Å². The highest BCUT2D eigenvalue weighted by atomic mass is 35.5. The van der Waals surface area contributed by atoms with Crippen LogP contribution in [0.5, 0.6) is 0 Å². The molecule has 0 aliphatic heterocycles. The van der Waals surface area contributed by atoms with E-state index < -0.39 is 10.0 Å². The molecular formula is C22H31Cl2N7O2S. The molecule has 12 heteroatoms. The second-order valence-electron chi connectivity index (χ2n) is 8.83. The molecule has 186 valence electrons. The minimum absolute atomic E-state index is 0. The number of rotatable bonds is 6. The van der Waals surface area contributed by atoms with Crippen LogP contribution in [0.3, 0.4) is 0 Å². The molecule has 1 aromatic carbocycles. The molecule has 2 aliphatic carbocycles. The maximum absolute atomic E-state index is 13.0. The standard InChI is InChI=1S/C22H29N7O2S.2ClH/c23-15-10-12-16(13-11-15)25-22-26-20(28-32(30,31)18-8-2-1-3-9-18)19-21(27-22)29(14-24-19)17-6-4-5-7-17;;/h1-3,8-9,14-17H,4-7,10-13,23H2,(H2,25,26,27,28);2*1H/t15-,16-;;. The van der Waals surface area contributed by atoms with Crippen molar-refractivity contribution in [3.8, 4) is 0 Å². The van der Waals surface area contributed by atoms with Gasteiger partial charge in [-0.3, -0.25) is 4.72 Å². The lowest BCUT2D eigenvalue weighted by atomic mass is 9.92. The number of imidazole rings is 1. The Hall–Kier alpha value is -2.14. The summed E-state index contributed by atoms with van der Waals surface area (Å²) in [5.41, 5.74) is 7.17. The molecule has 0 amide bonds. The second kappa shape index (κ2) is 11.1. The van der Waals surface area contributed by atoms with E-state index in [1.807, 2.05) is 0 Å². The molecule has 2 aliphatic rings. The van der Waals surface area contributed by atoms with Gasteiger partial charge in [0.25, 0.3) is 10.0 Å². The van der Waals surface area contributed by atoms with Gasteiger partial charge in [0.1, 0.15) is 0 Å². The van der Waals surface area contributed by atoms with E-state index in [-0.39, 0.29) is 47.6 Å². The maximum atomic E-state index is 13.0. The van der Waals surface area contributed by atoms with Crippen molar-refractivity contribution in [2.75, 3.05) is 10.0 Å². The topological polar surface area (TPSA) is 128 Å². The van der Waals surface area contributed by atoms with Gasteiger partial charge in [-0.2, -0.15) is 9.97 Å². The Kier molecular flexibility index (Phi) is 8.62. The summed E-state index contributed by atoms with van der Waals surface area (Å²) in [5, 5.41) is 3.41. The fraction of sp³-hybridized carbons (Fsp3) is 0.500. The maximum Gasteiger partial charge on any atom is 0.263 e. The molecular weight excluding hydrogens is 497 g/mol. The van der Waals surface area contributed by atoms with Gasteiger partial charge in [-0.25, -0.2) is 13.4 Å². The Morgan fingerprint density at radius 1 is 0.941 bits per heavy atom. The van der Waals surface area contributed by atoms with Crippen LogP contribution in [-0.4, -0.2) is 40.0 Å². The summed E-state index contributed by atoms with van der Waals surface area (Å²) in [7, 11) is -3.81. The van der Waals surface area contributed by atoms with Gasteiger partial charge in [0.15, 0.2) is 17.0 Å². The average molecular weight is 529 g/mol. The Morgan fingerprint density at radius 2 is 1.62 bits per heavy atom. The minimum Gasteiger partial charge on any atom is -0.351 e. The summed E-state index contributed by atoms with van der Waals surface area (Å²) in [6.45, 7) is 0. The Morgan fingerprint density at radius 3 is 2.29 bits per heavy atom.